The molecule has 2 aliphatic heterocycles. The van der Waals surface area contributed by atoms with Crippen LogP contribution in [-0.4, -0.2) is 59.6 Å². The third-order valence-corrected chi connectivity index (χ3v) is 7.71. The van der Waals surface area contributed by atoms with Gasteiger partial charge in [-0.3, -0.25) is 9.69 Å². The Balaban J connectivity index is 1.49. The molecule has 34 heavy (non-hydrogen) atoms. The number of allylic oxidation sites excluding steroid dienone is 2. The molecule has 0 N–H and O–H groups in total. The van der Waals surface area contributed by atoms with E-state index >= 15 is 0 Å². The number of nitrogens with zero attached hydrogens (tertiary/aromatic N) is 2. The number of ketones is 1. The molecule has 1 aliphatic carbocycles. The summed E-state index contributed by atoms with van der Waals surface area (Å²) in [5.74, 6) is -0.140. The molecule has 1 saturated heterocycles. The number of hydrogen-bond acceptors (Lipinski definition) is 4. The number of halogens is 4. The van der Waals surface area contributed by atoms with Crippen molar-refractivity contribution in [2.24, 2.45) is 5.92 Å². The second-order valence-corrected chi connectivity index (χ2v) is 10.4. The minimum Gasteiger partial charge on any atom is -0.489 e. The lowest BCUT2D eigenvalue weighted by molar-refractivity contribution is -0.188. The van der Waals surface area contributed by atoms with Crippen molar-refractivity contribution >= 4 is 17.4 Å². The Morgan fingerprint density at radius 1 is 1.24 bits per heavy atom. The molecule has 1 saturated carbocycles. The number of fused-ring (bicyclic) bond motifs is 2. The maximum absolute atomic E-state index is 13.8. The van der Waals surface area contributed by atoms with Crippen LogP contribution in [0, 0.1) is 5.92 Å². The molecule has 1 aromatic rings. The fourth-order valence-electron chi connectivity index (χ4n) is 5.73. The van der Waals surface area contributed by atoms with Crippen molar-refractivity contribution in [3.05, 3.63) is 52.2 Å². The molecule has 0 bridgehead atoms. The summed E-state index contributed by atoms with van der Waals surface area (Å²) in [5, 5.41) is 0.394. The van der Waals surface area contributed by atoms with Crippen LogP contribution in [0.5, 0.6) is 5.75 Å². The van der Waals surface area contributed by atoms with E-state index in [4.69, 9.17) is 16.3 Å². The molecular weight excluding hydrogens is 465 g/mol. The molecule has 2 atom stereocenters. The highest BCUT2D eigenvalue weighted by Crippen LogP contribution is 2.50. The third kappa shape index (κ3) is 4.61. The topological polar surface area (TPSA) is 32.8 Å². The van der Waals surface area contributed by atoms with Crippen molar-refractivity contribution in [2.75, 3.05) is 20.1 Å². The maximum atomic E-state index is 13.8. The summed E-state index contributed by atoms with van der Waals surface area (Å²) < 4.78 is 46.9. The number of rotatable bonds is 4. The summed E-state index contributed by atoms with van der Waals surface area (Å²) in [6, 6.07) is 3.60. The molecule has 1 aromatic carbocycles. The first-order valence-corrected chi connectivity index (χ1v) is 12.3. The molecule has 1 spiro atoms. The van der Waals surface area contributed by atoms with Crippen molar-refractivity contribution in [3.8, 4) is 5.75 Å². The summed E-state index contributed by atoms with van der Waals surface area (Å²) in [4.78, 5) is 16.7. The van der Waals surface area contributed by atoms with Crippen LogP contribution in [0.2, 0.25) is 5.02 Å². The molecule has 2 unspecified atom stereocenters. The van der Waals surface area contributed by atoms with E-state index in [1.165, 1.54) is 0 Å². The van der Waals surface area contributed by atoms with Crippen LogP contribution in [-0.2, 0) is 0 Å². The predicted octanol–water partition coefficient (Wildman–Crippen LogP) is 6.26. The van der Waals surface area contributed by atoms with E-state index in [1.807, 2.05) is 27.0 Å². The SMILES string of the molecule is CC(C)Oc1ccc(C(=O)C=C2CCC3(CC2)C2=CC(C)C(C(F)(F)F)N2CCN3C)cc1Cl. The Hall–Kier alpha value is -1.99. The number of piperazine rings is 1. The molecule has 4 rings (SSSR count). The number of alkyl halides is 3. The van der Waals surface area contributed by atoms with E-state index in [0.29, 0.717) is 55.1 Å². The summed E-state index contributed by atoms with van der Waals surface area (Å²) in [6.45, 7) is 6.45. The van der Waals surface area contributed by atoms with Crippen LogP contribution >= 0.6 is 11.6 Å². The summed E-state index contributed by atoms with van der Waals surface area (Å²) in [7, 11) is 2.01. The van der Waals surface area contributed by atoms with Gasteiger partial charge in [0, 0.05) is 30.3 Å². The Kier molecular flexibility index (Phi) is 6.82. The minimum atomic E-state index is -4.25. The zero-order valence-corrected chi connectivity index (χ0v) is 20.8. The smallest absolute Gasteiger partial charge is 0.409 e. The van der Waals surface area contributed by atoms with Crippen molar-refractivity contribution in [1.29, 1.82) is 0 Å². The number of carbonyl (C=O) groups excluding carboxylic acids is 1. The molecule has 186 valence electrons. The highest BCUT2D eigenvalue weighted by atomic mass is 35.5. The van der Waals surface area contributed by atoms with Gasteiger partial charge in [0.15, 0.2) is 5.78 Å². The van der Waals surface area contributed by atoms with Gasteiger partial charge in [-0.2, -0.15) is 13.2 Å². The molecular formula is C26H32ClF3N2O2. The first kappa shape index (κ1) is 25.1. The van der Waals surface area contributed by atoms with Crippen LogP contribution in [0.1, 0.15) is 56.8 Å². The third-order valence-electron chi connectivity index (χ3n) is 7.42. The largest absolute Gasteiger partial charge is 0.489 e. The Morgan fingerprint density at radius 3 is 2.50 bits per heavy atom. The zero-order chi connectivity index (χ0) is 24.8. The Morgan fingerprint density at radius 2 is 1.91 bits per heavy atom. The lowest BCUT2D eigenvalue weighted by Crippen LogP contribution is -2.61. The van der Waals surface area contributed by atoms with E-state index < -0.39 is 23.7 Å². The molecule has 4 nitrogen and oxygen atoms in total. The van der Waals surface area contributed by atoms with Crippen molar-refractivity contribution in [3.63, 3.8) is 0 Å². The van der Waals surface area contributed by atoms with E-state index in [0.717, 1.165) is 11.3 Å². The van der Waals surface area contributed by atoms with Crippen molar-refractivity contribution in [1.82, 2.24) is 9.80 Å². The summed E-state index contributed by atoms with van der Waals surface area (Å²) in [6.07, 6.45) is 1.98. The number of carbonyl (C=O) groups is 1. The van der Waals surface area contributed by atoms with Gasteiger partial charge in [-0.15, -0.1) is 0 Å². The van der Waals surface area contributed by atoms with Crippen LogP contribution in [0.25, 0.3) is 0 Å². The van der Waals surface area contributed by atoms with Gasteiger partial charge in [0.25, 0.3) is 0 Å². The highest BCUT2D eigenvalue weighted by molar-refractivity contribution is 6.32. The first-order chi connectivity index (χ1) is 15.9. The normalized spacial score (nSPS) is 27.7. The molecule has 2 heterocycles. The van der Waals surface area contributed by atoms with E-state index in [-0.39, 0.29) is 11.9 Å². The lowest BCUT2D eigenvalue weighted by atomic mass is 9.74. The summed E-state index contributed by atoms with van der Waals surface area (Å²) >= 11 is 6.29. The molecule has 0 amide bonds. The Bertz CT molecular complexity index is 1010. The predicted molar refractivity (Wildman–Crippen MR) is 127 cm³/mol. The van der Waals surface area contributed by atoms with Gasteiger partial charge in [-0.25, -0.2) is 0 Å². The average Bonchev–Trinajstić information content (AvgIpc) is 3.11. The van der Waals surface area contributed by atoms with E-state index in [2.05, 4.69) is 4.90 Å². The standard InChI is InChI=1S/C26H32ClF3N2O2/c1-16(2)34-22-6-5-19(15-20(22)27)21(33)14-18-7-9-25(10-8-18)23-13-17(3)24(26(28,29)30)32(23)12-11-31(25)4/h5-6,13-17,24H,7-12H2,1-4H3. The summed E-state index contributed by atoms with van der Waals surface area (Å²) in [5.41, 5.74) is 1.93. The van der Waals surface area contributed by atoms with Gasteiger partial charge in [0.2, 0.25) is 0 Å². The minimum absolute atomic E-state index is 0.0195. The second-order valence-electron chi connectivity index (χ2n) is 10.0. The van der Waals surface area contributed by atoms with Gasteiger partial charge < -0.3 is 9.64 Å². The Labute approximate surface area is 204 Å². The fraction of sp³-hybridized carbons (Fsp3) is 0.577. The van der Waals surface area contributed by atoms with Crippen LogP contribution in [0.4, 0.5) is 13.2 Å². The number of hydrogen-bond donors (Lipinski definition) is 0. The van der Waals surface area contributed by atoms with Gasteiger partial charge in [0.1, 0.15) is 11.8 Å². The monoisotopic (exact) mass is 496 g/mol. The second kappa shape index (κ2) is 9.23. The van der Waals surface area contributed by atoms with Gasteiger partial charge in [-0.05, 0) is 70.9 Å². The van der Waals surface area contributed by atoms with Gasteiger partial charge in [-0.1, -0.05) is 30.2 Å². The molecule has 0 radical (unpaired) electrons. The maximum Gasteiger partial charge on any atom is 0.409 e. The van der Waals surface area contributed by atoms with E-state index in [1.54, 1.807) is 36.1 Å². The molecule has 0 aromatic heterocycles. The molecule has 3 aliphatic rings. The van der Waals surface area contributed by atoms with Crippen LogP contribution in [0.15, 0.2) is 41.6 Å². The molecule has 2 fully saturated rings. The molecule has 8 heteroatoms. The van der Waals surface area contributed by atoms with Crippen LogP contribution < -0.4 is 4.74 Å². The zero-order valence-electron chi connectivity index (χ0n) is 20.1. The first-order valence-electron chi connectivity index (χ1n) is 11.9. The number of likely N-dealkylation sites (N-methyl/N-ethyl adjacent to an activating group) is 1. The number of ether oxygens (including phenoxy) is 1. The van der Waals surface area contributed by atoms with Gasteiger partial charge in [0.05, 0.1) is 16.7 Å². The number of benzene rings is 1. The fourth-order valence-corrected chi connectivity index (χ4v) is 5.96. The van der Waals surface area contributed by atoms with Gasteiger partial charge >= 0.3 is 6.18 Å². The van der Waals surface area contributed by atoms with Crippen LogP contribution in [0.3, 0.4) is 0 Å². The lowest BCUT2D eigenvalue weighted by Gasteiger charge is -2.54. The highest BCUT2D eigenvalue weighted by Gasteiger charge is 2.56. The quantitative estimate of drug-likeness (QED) is 0.364. The average molecular weight is 497 g/mol. The van der Waals surface area contributed by atoms with Crippen molar-refractivity contribution < 1.29 is 22.7 Å². The van der Waals surface area contributed by atoms with Crippen molar-refractivity contribution in [2.45, 2.75) is 70.3 Å². The van der Waals surface area contributed by atoms with E-state index in [9.17, 15) is 18.0 Å².